The van der Waals surface area contributed by atoms with E-state index in [4.69, 9.17) is 16.3 Å². The summed E-state index contributed by atoms with van der Waals surface area (Å²) in [5.74, 6) is 0.563. The molecule has 134 valence electrons. The van der Waals surface area contributed by atoms with Crippen LogP contribution in [-0.4, -0.2) is 10.9 Å². The number of carbonyl (C=O) groups excluding carboxylic acids is 1. The van der Waals surface area contributed by atoms with Crippen LogP contribution in [0.25, 0.3) is 0 Å². The largest absolute Gasteiger partial charge is 0.486 e. The van der Waals surface area contributed by atoms with Crippen LogP contribution in [0.1, 0.15) is 31.5 Å². The molecule has 1 amide bonds. The first-order valence-corrected chi connectivity index (χ1v) is 9.35. The molecule has 1 heterocycles. The van der Waals surface area contributed by atoms with Crippen molar-refractivity contribution in [1.82, 2.24) is 4.98 Å². The number of aromatic nitrogens is 1. The van der Waals surface area contributed by atoms with E-state index in [-0.39, 0.29) is 5.91 Å². The third-order valence-electron chi connectivity index (χ3n) is 3.85. The number of ether oxygens (including phenoxy) is 1. The Morgan fingerprint density at radius 1 is 1.15 bits per heavy atom. The van der Waals surface area contributed by atoms with Crippen molar-refractivity contribution in [3.8, 4) is 5.75 Å². The Labute approximate surface area is 161 Å². The molecule has 0 saturated heterocycles. The fraction of sp³-hybridized carbons (Fsp3) is 0.200. The molecular weight excluding hydrogens is 368 g/mol. The van der Waals surface area contributed by atoms with Crippen LogP contribution in [0.15, 0.2) is 42.5 Å². The van der Waals surface area contributed by atoms with Crippen molar-refractivity contribution in [3.05, 3.63) is 74.2 Å². The Kier molecular flexibility index (Phi) is 5.59. The highest BCUT2D eigenvalue weighted by Crippen LogP contribution is 2.23. The summed E-state index contributed by atoms with van der Waals surface area (Å²) < 4.78 is 5.70. The molecule has 4 nitrogen and oxygen atoms in total. The van der Waals surface area contributed by atoms with E-state index in [1.54, 1.807) is 24.3 Å². The van der Waals surface area contributed by atoms with Gasteiger partial charge in [-0.05, 0) is 56.7 Å². The number of halogens is 1. The normalized spacial score (nSPS) is 10.6. The molecule has 0 bridgehead atoms. The van der Waals surface area contributed by atoms with Crippen molar-refractivity contribution in [2.24, 2.45) is 0 Å². The van der Waals surface area contributed by atoms with Gasteiger partial charge in [0.15, 0.2) is 0 Å². The summed E-state index contributed by atoms with van der Waals surface area (Å²) in [6.07, 6.45) is 0. The van der Waals surface area contributed by atoms with Crippen LogP contribution in [-0.2, 0) is 6.61 Å². The number of anilines is 1. The maximum atomic E-state index is 12.6. The second kappa shape index (κ2) is 7.89. The summed E-state index contributed by atoms with van der Waals surface area (Å²) in [6, 6.07) is 13.1. The first-order valence-electron chi connectivity index (χ1n) is 8.15. The van der Waals surface area contributed by atoms with Gasteiger partial charge in [-0.3, -0.25) is 4.79 Å². The van der Waals surface area contributed by atoms with Gasteiger partial charge in [0.2, 0.25) is 0 Å². The lowest BCUT2D eigenvalue weighted by Crippen LogP contribution is -2.12. The molecule has 6 heteroatoms. The van der Waals surface area contributed by atoms with Gasteiger partial charge in [-0.2, -0.15) is 0 Å². The molecule has 0 aliphatic heterocycles. The Morgan fingerprint density at radius 2 is 1.88 bits per heavy atom. The van der Waals surface area contributed by atoms with E-state index >= 15 is 0 Å². The topological polar surface area (TPSA) is 51.2 Å². The van der Waals surface area contributed by atoms with Gasteiger partial charge >= 0.3 is 0 Å². The molecule has 3 aromatic rings. The number of amides is 1. The molecule has 3 rings (SSSR count). The molecule has 0 spiro atoms. The highest BCUT2D eigenvalue weighted by Gasteiger charge is 2.16. The number of carbonyl (C=O) groups is 1. The lowest BCUT2D eigenvalue weighted by molar-refractivity contribution is 0.102. The highest BCUT2D eigenvalue weighted by molar-refractivity contribution is 7.13. The van der Waals surface area contributed by atoms with Gasteiger partial charge in [0, 0.05) is 10.7 Å². The lowest BCUT2D eigenvalue weighted by atomic mass is 10.1. The monoisotopic (exact) mass is 386 g/mol. The zero-order valence-electron chi connectivity index (χ0n) is 14.8. The SMILES string of the molecule is Cc1ccc(NC(=O)c2sc(COc3ccc(Cl)cc3)nc2C)c(C)c1. The summed E-state index contributed by atoms with van der Waals surface area (Å²) in [5.41, 5.74) is 3.71. The molecule has 1 N–H and O–H groups in total. The van der Waals surface area contributed by atoms with Crippen molar-refractivity contribution < 1.29 is 9.53 Å². The van der Waals surface area contributed by atoms with Gasteiger partial charge < -0.3 is 10.1 Å². The number of rotatable bonds is 5. The van der Waals surface area contributed by atoms with Gasteiger partial charge in [0.25, 0.3) is 5.91 Å². The molecule has 0 fully saturated rings. The number of aryl methyl sites for hydroxylation is 3. The zero-order chi connectivity index (χ0) is 18.7. The smallest absolute Gasteiger partial charge is 0.267 e. The fourth-order valence-electron chi connectivity index (χ4n) is 2.53. The summed E-state index contributed by atoms with van der Waals surface area (Å²) in [5, 5.41) is 4.38. The van der Waals surface area contributed by atoms with Crippen molar-refractivity contribution in [2.45, 2.75) is 27.4 Å². The standard InChI is InChI=1S/C20H19ClN2O2S/c1-12-4-9-17(13(2)10-12)23-20(24)19-14(3)22-18(26-19)11-25-16-7-5-15(21)6-8-16/h4-10H,11H2,1-3H3,(H,23,24). The van der Waals surface area contributed by atoms with Gasteiger partial charge in [-0.15, -0.1) is 11.3 Å². The Morgan fingerprint density at radius 3 is 2.58 bits per heavy atom. The number of nitrogens with zero attached hydrogens (tertiary/aromatic N) is 1. The van der Waals surface area contributed by atoms with E-state index in [0.717, 1.165) is 21.8 Å². The first kappa shape index (κ1) is 18.4. The van der Waals surface area contributed by atoms with Crippen molar-refractivity contribution in [3.63, 3.8) is 0 Å². The predicted octanol–water partition coefficient (Wildman–Crippen LogP) is 5.55. The van der Waals surface area contributed by atoms with Crippen LogP contribution >= 0.6 is 22.9 Å². The summed E-state index contributed by atoms with van der Waals surface area (Å²) >= 11 is 7.21. The molecule has 0 aliphatic rings. The van der Waals surface area contributed by atoms with Gasteiger partial charge in [0.05, 0.1) is 5.69 Å². The summed E-state index contributed by atoms with van der Waals surface area (Å²) in [7, 11) is 0. The lowest BCUT2D eigenvalue weighted by Gasteiger charge is -2.08. The molecule has 0 unspecified atom stereocenters. The van der Waals surface area contributed by atoms with E-state index < -0.39 is 0 Å². The van der Waals surface area contributed by atoms with Crippen LogP contribution in [0.4, 0.5) is 5.69 Å². The number of hydrogen-bond donors (Lipinski definition) is 1. The molecular formula is C20H19ClN2O2S. The zero-order valence-corrected chi connectivity index (χ0v) is 16.4. The van der Waals surface area contributed by atoms with Crippen molar-refractivity contribution in [2.75, 3.05) is 5.32 Å². The van der Waals surface area contributed by atoms with E-state index in [9.17, 15) is 4.79 Å². The summed E-state index contributed by atoms with van der Waals surface area (Å²) in [4.78, 5) is 17.6. The van der Waals surface area contributed by atoms with E-state index in [1.165, 1.54) is 11.3 Å². The molecule has 1 aromatic heterocycles. The summed E-state index contributed by atoms with van der Waals surface area (Å²) in [6.45, 7) is 6.15. The third kappa shape index (κ3) is 4.42. The molecule has 0 radical (unpaired) electrons. The minimum Gasteiger partial charge on any atom is -0.486 e. The number of nitrogens with one attached hydrogen (secondary N) is 1. The quantitative estimate of drug-likeness (QED) is 0.625. The van der Waals surface area contributed by atoms with E-state index in [0.29, 0.717) is 28.0 Å². The first-order chi connectivity index (χ1) is 12.4. The number of hydrogen-bond acceptors (Lipinski definition) is 4. The van der Waals surface area contributed by atoms with Crippen LogP contribution in [0.5, 0.6) is 5.75 Å². The van der Waals surface area contributed by atoms with Crippen molar-refractivity contribution >= 4 is 34.5 Å². The fourth-order valence-corrected chi connectivity index (χ4v) is 3.53. The second-order valence-corrected chi connectivity index (χ2v) is 7.56. The average molecular weight is 387 g/mol. The molecule has 0 atom stereocenters. The number of benzene rings is 2. The van der Waals surface area contributed by atoms with Gasteiger partial charge in [-0.25, -0.2) is 4.98 Å². The minimum atomic E-state index is -0.148. The van der Waals surface area contributed by atoms with Crippen LogP contribution in [0.3, 0.4) is 0 Å². The van der Waals surface area contributed by atoms with Gasteiger partial charge in [0.1, 0.15) is 22.2 Å². The van der Waals surface area contributed by atoms with Crippen LogP contribution < -0.4 is 10.1 Å². The van der Waals surface area contributed by atoms with Crippen molar-refractivity contribution in [1.29, 1.82) is 0 Å². The van der Waals surface area contributed by atoms with E-state index in [1.807, 2.05) is 39.0 Å². The Hall–Kier alpha value is -2.37. The van der Waals surface area contributed by atoms with Crippen LogP contribution in [0, 0.1) is 20.8 Å². The van der Waals surface area contributed by atoms with E-state index in [2.05, 4.69) is 10.3 Å². The third-order valence-corrected chi connectivity index (χ3v) is 5.23. The van der Waals surface area contributed by atoms with Gasteiger partial charge in [-0.1, -0.05) is 29.3 Å². The Balaban J connectivity index is 1.68. The molecule has 0 aliphatic carbocycles. The van der Waals surface area contributed by atoms with Crippen LogP contribution in [0.2, 0.25) is 5.02 Å². The second-order valence-electron chi connectivity index (χ2n) is 6.04. The minimum absolute atomic E-state index is 0.148. The predicted molar refractivity (Wildman–Crippen MR) is 107 cm³/mol. The molecule has 26 heavy (non-hydrogen) atoms. The average Bonchev–Trinajstić information content (AvgIpc) is 2.98. The molecule has 0 saturated carbocycles. The maximum Gasteiger partial charge on any atom is 0.267 e. The molecule has 2 aromatic carbocycles. The highest BCUT2D eigenvalue weighted by atomic mass is 35.5. The Bertz CT molecular complexity index is 935. The maximum absolute atomic E-state index is 12.6. The number of thiazole rings is 1.